The monoisotopic (exact) mass is 316 g/mol. The van der Waals surface area contributed by atoms with E-state index in [1.807, 2.05) is 0 Å². The quantitative estimate of drug-likeness (QED) is 0.572. The summed E-state index contributed by atoms with van der Waals surface area (Å²) >= 11 is 0. The number of rotatable bonds is 8. The van der Waals surface area contributed by atoms with E-state index >= 15 is 0 Å². The van der Waals surface area contributed by atoms with E-state index in [0.29, 0.717) is 12.0 Å². The summed E-state index contributed by atoms with van der Waals surface area (Å²) in [5.41, 5.74) is 1.36. The van der Waals surface area contributed by atoms with E-state index in [1.165, 1.54) is 18.4 Å². The van der Waals surface area contributed by atoms with Gasteiger partial charge < -0.3 is 10.6 Å². The largest absolute Gasteiger partial charge is 0.357 e. The molecule has 2 atom stereocenters. The lowest BCUT2D eigenvalue weighted by Crippen LogP contribution is -2.40. The Hall–Kier alpha value is -1.55. The van der Waals surface area contributed by atoms with Gasteiger partial charge in [0.25, 0.3) is 0 Å². The average molecular weight is 316 g/mol. The molecule has 2 N–H and O–H groups in total. The minimum Gasteiger partial charge on any atom is -0.357 e. The first-order chi connectivity index (χ1) is 11.1. The fourth-order valence-electron chi connectivity index (χ4n) is 2.68. The van der Waals surface area contributed by atoms with Crippen molar-refractivity contribution in [1.82, 2.24) is 15.5 Å². The maximum atomic E-state index is 4.76. The maximum Gasteiger partial charge on any atom is 0.191 e. The zero-order valence-electron chi connectivity index (χ0n) is 15.0. The number of hydrogen-bond acceptors (Lipinski definition) is 2. The third-order valence-corrected chi connectivity index (χ3v) is 4.62. The molecule has 0 radical (unpaired) electrons. The van der Waals surface area contributed by atoms with Crippen LogP contribution in [-0.2, 0) is 0 Å². The second-order valence-corrected chi connectivity index (χ2v) is 6.66. The Morgan fingerprint density at radius 3 is 2.52 bits per heavy atom. The molecule has 0 amide bonds. The van der Waals surface area contributed by atoms with Gasteiger partial charge in [0.15, 0.2) is 5.96 Å². The summed E-state index contributed by atoms with van der Waals surface area (Å²) in [5.74, 6) is 1.39. The molecule has 1 fully saturated rings. The summed E-state index contributed by atoms with van der Waals surface area (Å²) < 4.78 is 0. The summed E-state index contributed by atoms with van der Waals surface area (Å²) in [4.78, 5) is 7.22. The summed E-state index contributed by atoms with van der Waals surface area (Å²) in [6.07, 6.45) is 2.69. The molecule has 0 aliphatic heterocycles. The lowest BCUT2D eigenvalue weighted by atomic mass is 10.0. The topological polar surface area (TPSA) is 39.7 Å². The van der Waals surface area contributed by atoms with Crippen molar-refractivity contribution in [1.29, 1.82) is 0 Å². The molecule has 0 saturated heterocycles. The highest BCUT2D eigenvalue weighted by Crippen LogP contribution is 2.26. The van der Waals surface area contributed by atoms with Gasteiger partial charge in [-0.1, -0.05) is 37.3 Å². The standard InChI is InChI=1S/C19H32N4/c1-5-20-19(22-14-16(3)23(4)18-11-12-18)21-13-15(2)17-9-7-6-8-10-17/h6-10,15-16,18H,5,11-14H2,1-4H3,(H2,20,21,22). The van der Waals surface area contributed by atoms with Crippen molar-refractivity contribution in [3.63, 3.8) is 0 Å². The van der Waals surface area contributed by atoms with Gasteiger partial charge >= 0.3 is 0 Å². The van der Waals surface area contributed by atoms with Crippen LogP contribution in [0.5, 0.6) is 0 Å². The number of nitrogens with one attached hydrogen (secondary N) is 2. The molecule has 1 aromatic carbocycles. The second-order valence-electron chi connectivity index (χ2n) is 6.66. The highest BCUT2D eigenvalue weighted by atomic mass is 15.2. The van der Waals surface area contributed by atoms with Crippen LogP contribution in [0.25, 0.3) is 0 Å². The Morgan fingerprint density at radius 2 is 1.91 bits per heavy atom. The molecule has 0 aromatic heterocycles. The summed E-state index contributed by atoms with van der Waals surface area (Å²) in [7, 11) is 2.22. The number of guanidine groups is 1. The fraction of sp³-hybridized carbons (Fsp3) is 0.632. The minimum absolute atomic E-state index is 0.464. The molecular formula is C19H32N4. The van der Waals surface area contributed by atoms with Crippen LogP contribution in [0.2, 0.25) is 0 Å². The number of benzene rings is 1. The first kappa shape index (κ1) is 17.8. The summed E-state index contributed by atoms with van der Waals surface area (Å²) in [6.45, 7) is 9.23. The molecule has 1 saturated carbocycles. The van der Waals surface area contributed by atoms with Crippen LogP contribution in [0, 0.1) is 0 Å². The number of likely N-dealkylation sites (N-methyl/N-ethyl adjacent to an activating group) is 1. The Balaban J connectivity index is 1.83. The van der Waals surface area contributed by atoms with Crippen molar-refractivity contribution in [2.45, 2.75) is 51.6 Å². The van der Waals surface area contributed by atoms with Crippen LogP contribution in [0.4, 0.5) is 0 Å². The van der Waals surface area contributed by atoms with E-state index in [9.17, 15) is 0 Å². The van der Waals surface area contributed by atoms with E-state index in [0.717, 1.165) is 31.6 Å². The van der Waals surface area contributed by atoms with Crippen molar-refractivity contribution >= 4 is 5.96 Å². The highest BCUT2D eigenvalue weighted by Gasteiger charge is 2.28. The number of aliphatic imine (C=N–C) groups is 1. The normalized spacial score (nSPS) is 17.9. The van der Waals surface area contributed by atoms with Gasteiger partial charge in [0.2, 0.25) is 0 Å². The third kappa shape index (κ3) is 5.87. The molecule has 2 rings (SSSR count). The Kier molecular flexibility index (Phi) is 6.90. The first-order valence-electron chi connectivity index (χ1n) is 8.90. The molecule has 0 heterocycles. The predicted molar refractivity (Wildman–Crippen MR) is 99.1 cm³/mol. The lowest BCUT2D eigenvalue weighted by Gasteiger charge is -2.23. The van der Waals surface area contributed by atoms with Crippen LogP contribution in [0.3, 0.4) is 0 Å². The van der Waals surface area contributed by atoms with Gasteiger partial charge in [-0.3, -0.25) is 9.89 Å². The molecule has 1 aliphatic rings. The van der Waals surface area contributed by atoms with Crippen molar-refractivity contribution in [2.24, 2.45) is 4.99 Å². The Bertz CT molecular complexity index is 481. The van der Waals surface area contributed by atoms with Crippen LogP contribution >= 0.6 is 0 Å². The van der Waals surface area contributed by atoms with Gasteiger partial charge in [0.1, 0.15) is 0 Å². The average Bonchev–Trinajstić information content (AvgIpc) is 3.41. The van der Waals surface area contributed by atoms with Gasteiger partial charge in [0, 0.05) is 25.2 Å². The maximum absolute atomic E-state index is 4.76. The zero-order chi connectivity index (χ0) is 16.7. The molecule has 1 aliphatic carbocycles. The van der Waals surface area contributed by atoms with E-state index in [4.69, 9.17) is 4.99 Å². The molecule has 4 heteroatoms. The molecule has 2 unspecified atom stereocenters. The van der Waals surface area contributed by atoms with Crippen molar-refractivity contribution in [3.05, 3.63) is 35.9 Å². The van der Waals surface area contributed by atoms with E-state index < -0.39 is 0 Å². The molecule has 4 nitrogen and oxygen atoms in total. The van der Waals surface area contributed by atoms with Gasteiger partial charge in [0.05, 0.1) is 6.54 Å². The molecular weight excluding hydrogens is 284 g/mol. The Labute approximate surface area is 141 Å². The second kappa shape index (κ2) is 8.92. The first-order valence-corrected chi connectivity index (χ1v) is 8.90. The summed E-state index contributed by atoms with van der Waals surface area (Å²) in [5, 5.41) is 6.83. The van der Waals surface area contributed by atoms with Crippen molar-refractivity contribution in [2.75, 3.05) is 26.7 Å². The fourth-order valence-corrected chi connectivity index (χ4v) is 2.68. The van der Waals surface area contributed by atoms with Crippen LogP contribution in [0.1, 0.15) is 45.1 Å². The van der Waals surface area contributed by atoms with Gasteiger partial charge in [-0.25, -0.2) is 0 Å². The van der Waals surface area contributed by atoms with Crippen molar-refractivity contribution < 1.29 is 0 Å². The molecule has 128 valence electrons. The third-order valence-electron chi connectivity index (χ3n) is 4.62. The number of nitrogens with zero attached hydrogens (tertiary/aromatic N) is 2. The predicted octanol–water partition coefficient (Wildman–Crippen LogP) is 2.83. The number of hydrogen-bond donors (Lipinski definition) is 2. The highest BCUT2D eigenvalue weighted by molar-refractivity contribution is 5.79. The van der Waals surface area contributed by atoms with E-state index in [2.05, 4.69) is 73.7 Å². The van der Waals surface area contributed by atoms with Crippen LogP contribution < -0.4 is 10.6 Å². The van der Waals surface area contributed by atoms with Gasteiger partial charge in [-0.2, -0.15) is 0 Å². The van der Waals surface area contributed by atoms with E-state index in [1.54, 1.807) is 0 Å². The molecule has 0 bridgehead atoms. The van der Waals surface area contributed by atoms with E-state index in [-0.39, 0.29) is 0 Å². The minimum atomic E-state index is 0.464. The SMILES string of the molecule is CCNC(=NCC(C)N(C)C1CC1)NCC(C)c1ccccc1. The summed E-state index contributed by atoms with van der Waals surface area (Å²) in [6, 6.07) is 11.9. The van der Waals surface area contributed by atoms with Crippen molar-refractivity contribution in [3.8, 4) is 0 Å². The molecule has 1 aromatic rings. The molecule has 0 spiro atoms. The van der Waals surface area contributed by atoms with Crippen LogP contribution in [0.15, 0.2) is 35.3 Å². The lowest BCUT2D eigenvalue weighted by molar-refractivity contribution is 0.253. The smallest absolute Gasteiger partial charge is 0.191 e. The molecule has 23 heavy (non-hydrogen) atoms. The Morgan fingerprint density at radius 1 is 1.22 bits per heavy atom. The van der Waals surface area contributed by atoms with Gasteiger partial charge in [-0.15, -0.1) is 0 Å². The van der Waals surface area contributed by atoms with Gasteiger partial charge in [-0.05, 0) is 45.2 Å². The zero-order valence-corrected chi connectivity index (χ0v) is 15.0. The van der Waals surface area contributed by atoms with Crippen LogP contribution in [-0.4, -0.2) is 49.6 Å².